The Labute approximate surface area is 236 Å². The number of hydrogen-bond donors (Lipinski definition) is 7. The molecule has 2 aromatic carbocycles. The highest BCUT2D eigenvalue weighted by Gasteiger charge is 2.39. The number of carbonyl (C=O) groups excluding carboxylic acids is 2. The van der Waals surface area contributed by atoms with Gasteiger partial charge in [-0.15, -0.1) is 0 Å². The van der Waals surface area contributed by atoms with E-state index in [1.807, 2.05) is 0 Å². The Morgan fingerprint density at radius 2 is 1.81 bits per heavy atom. The van der Waals surface area contributed by atoms with E-state index < -0.39 is 49.9 Å². The second kappa shape index (κ2) is 11.2. The van der Waals surface area contributed by atoms with E-state index in [2.05, 4.69) is 20.6 Å². The minimum absolute atomic E-state index is 0.000907. The summed E-state index contributed by atoms with van der Waals surface area (Å²) < 4.78 is 17.1. The van der Waals surface area contributed by atoms with Gasteiger partial charge < -0.3 is 40.2 Å². The zero-order valence-electron chi connectivity index (χ0n) is 21.4. The number of amides is 2. The van der Waals surface area contributed by atoms with Crippen LogP contribution in [0.15, 0.2) is 71.8 Å². The molecule has 0 bridgehead atoms. The number of benzene rings is 2. The minimum Gasteiger partial charge on any atom is -0.534 e. The number of rotatable bonds is 7. The highest BCUT2D eigenvalue weighted by molar-refractivity contribution is 7.60. The zero-order chi connectivity index (χ0) is 30.2. The van der Waals surface area contributed by atoms with Crippen molar-refractivity contribution in [3.8, 4) is 5.75 Å². The number of carbonyl (C=O) groups is 3. The second-order valence-corrected chi connectivity index (χ2v) is 11.0. The van der Waals surface area contributed by atoms with Crippen molar-refractivity contribution >= 4 is 48.8 Å². The van der Waals surface area contributed by atoms with Crippen LogP contribution in [0.5, 0.6) is 5.75 Å². The Morgan fingerprint density at radius 3 is 2.50 bits per heavy atom. The summed E-state index contributed by atoms with van der Waals surface area (Å²) in [6, 6.07) is 10.7. The molecule has 2 amide bonds. The van der Waals surface area contributed by atoms with E-state index >= 15 is 0 Å². The predicted octanol–water partition coefficient (Wildman–Crippen LogP) is 0.0350. The molecule has 0 aliphatic carbocycles. The van der Waals surface area contributed by atoms with Gasteiger partial charge in [0.2, 0.25) is 11.3 Å². The van der Waals surface area contributed by atoms with Gasteiger partial charge in [-0.05, 0) is 47.9 Å². The summed E-state index contributed by atoms with van der Waals surface area (Å²) in [6.45, 7) is 0. The van der Waals surface area contributed by atoms with Crippen LogP contribution in [0.1, 0.15) is 37.9 Å². The predicted molar refractivity (Wildman–Crippen MR) is 148 cm³/mol. The molecule has 7 N–H and O–H groups in total. The lowest BCUT2D eigenvalue weighted by Gasteiger charge is -2.30. The van der Waals surface area contributed by atoms with Crippen molar-refractivity contribution in [1.82, 2.24) is 20.6 Å². The fraction of sp³-hybridized carbons (Fsp3) is 0.115. The van der Waals surface area contributed by atoms with E-state index in [0.717, 1.165) is 12.1 Å². The molecule has 3 heterocycles. The lowest BCUT2D eigenvalue weighted by Crippen LogP contribution is -2.55. The monoisotopic (exact) mass is 592 g/mol. The summed E-state index contributed by atoms with van der Waals surface area (Å²) >= 11 is 0. The first kappa shape index (κ1) is 28.7. The average molecular weight is 592 g/mol. The van der Waals surface area contributed by atoms with Gasteiger partial charge in [-0.3, -0.25) is 23.9 Å². The molecule has 16 heteroatoms. The third-order valence-corrected chi connectivity index (χ3v) is 7.63. The summed E-state index contributed by atoms with van der Waals surface area (Å²) in [5, 5.41) is 24.7. The van der Waals surface area contributed by atoms with Gasteiger partial charge in [0.15, 0.2) is 0 Å². The third kappa shape index (κ3) is 5.67. The lowest BCUT2D eigenvalue weighted by atomic mass is 9.72. The number of carboxylic acid groups (broad SMARTS) is 1. The first-order chi connectivity index (χ1) is 19.9. The molecule has 0 fully saturated rings. The van der Waals surface area contributed by atoms with Crippen molar-refractivity contribution in [3.63, 3.8) is 0 Å². The number of nitrogens with one attached hydrogen (secondary N) is 3. The maximum Gasteiger partial charge on any atom is 0.547 e. The Kier molecular flexibility index (Phi) is 7.67. The summed E-state index contributed by atoms with van der Waals surface area (Å²) in [6.07, 6.45) is 2.54. The van der Waals surface area contributed by atoms with Crippen LogP contribution < -0.4 is 26.0 Å². The normalized spacial score (nSPS) is 15.3. The second-order valence-electron chi connectivity index (χ2n) is 9.40. The first-order valence-electron chi connectivity index (χ1n) is 12.4. The molecular formula is C26H22BN4O10P. The van der Waals surface area contributed by atoms with Crippen LogP contribution in [0, 0.1) is 0 Å². The van der Waals surface area contributed by atoms with Gasteiger partial charge >= 0.3 is 20.7 Å². The molecule has 0 radical (unpaired) electrons. The molecule has 1 aliphatic heterocycles. The standard InChI is InChI=1S/C26H22BN4O10P/c32-22-17(12-29-18-5-2-10-28-21(18)22)24(33)31-20(13-6-8-15(9-7-13)42(38,39)40)25(34)30-19-11-14-3-1-4-16(26(35)36)23(14)41-27(19)37/h1-10,12,19-20,37H,11H2,(H,29,32)(H,30,34)(H,31,33)(H,35,36)(H2,38,39,40)/t19-,20+/m0/s1. The molecule has 14 nitrogen and oxygen atoms in total. The van der Waals surface area contributed by atoms with Gasteiger partial charge in [-0.2, -0.15) is 0 Å². The lowest BCUT2D eigenvalue weighted by molar-refractivity contribution is -0.123. The molecule has 0 unspecified atom stereocenters. The average Bonchev–Trinajstić information content (AvgIpc) is 2.95. The van der Waals surface area contributed by atoms with E-state index in [1.54, 1.807) is 18.2 Å². The maximum atomic E-state index is 13.6. The number of fused-ring (bicyclic) bond motifs is 2. The summed E-state index contributed by atoms with van der Waals surface area (Å²) in [4.78, 5) is 77.0. The van der Waals surface area contributed by atoms with E-state index in [1.165, 1.54) is 36.7 Å². The largest absolute Gasteiger partial charge is 0.547 e. The van der Waals surface area contributed by atoms with Gasteiger partial charge in [-0.1, -0.05) is 24.3 Å². The van der Waals surface area contributed by atoms with Crippen LogP contribution in [0.2, 0.25) is 0 Å². The van der Waals surface area contributed by atoms with Crippen molar-refractivity contribution in [3.05, 3.63) is 99.5 Å². The number of carboxylic acids is 1. The van der Waals surface area contributed by atoms with E-state index in [-0.39, 0.29) is 39.7 Å². The number of nitrogens with zero attached hydrogens (tertiary/aromatic N) is 1. The first-order valence-corrected chi connectivity index (χ1v) is 14.0. The van der Waals surface area contributed by atoms with Crippen molar-refractivity contribution in [2.75, 3.05) is 0 Å². The molecule has 4 aromatic rings. The summed E-state index contributed by atoms with van der Waals surface area (Å²) in [7, 11) is -6.26. The Hall–Kier alpha value is -4.82. The van der Waals surface area contributed by atoms with Crippen molar-refractivity contribution in [2.45, 2.75) is 18.4 Å². The Morgan fingerprint density at radius 1 is 1.07 bits per heavy atom. The molecule has 0 saturated carbocycles. The molecule has 1 aliphatic rings. The zero-order valence-corrected chi connectivity index (χ0v) is 22.3. The minimum atomic E-state index is -4.61. The molecule has 0 spiro atoms. The molecule has 0 saturated heterocycles. The maximum absolute atomic E-state index is 13.6. The molecule has 214 valence electrons. The van der Waals surface area contributed by atoms with Crippen LogP contribution in [-0.2, 0) is 15.8 Å². The van der Waals surface area contributed by atoms with Crippen molar-refractivity contribution < 1.29 is 43.5 Å². The van der Waals surface area contributed by atoms with Crippen LogP contribution in [0.4, 0.5) is 0 Å². The van der Waals surface area contributed by atoms with Gasteiger partial charge in [-0.25, -0.2) is 4.79 Å². The Bertz CT molecular complexity index is 1820. The molecule has 2 aromatic heterocycles. The third-order valence-electron chi connectivity index (χ3n) is 6.66. The van der Waals surface area contributed by atoms with Gasteiger partial charge in [0.1, 0.15) is 22.9 Å². The highest BCUT2D eigenvalue weighted by atomic mass is 31.2. The summed E-state index contributed by atoms with van der Waals surface area (Å²) in [5.74, 6) is -4.17. The van der Waals surface area contributed by atoms with Crippen LogP contribution >= 0.6 is 7.60 Å². The fourth-order valence-corrected chi connectivity index (χ4v) is 5.10. The number of aromatic amines is 1. The van der Waals surface area contributed by atoms with Crippen LogP contribution in [-0.4, -0.2) is 60.7 Å². The van der Waals surface area contributed by atoms with Gasteiger partial charge in [0.05, 0.1) is 22.3 Å². The number of aromatic carboxylic acids is 1. The topological polar surface area (TPSA) is 228 Å². The van der Waals surface area contributed by atoms with Crippen molar-refractivity contribution in [2.24, 2.45) is 0 Å². The number of para-hydroxylation sites is 1. The molecule has 5 rings (SSSR count). The number of pyridine rings is 2. The highest BCUT2D eigenvalue weighted by Crippen LogP contribution is 2.33. The SMILES string of the molecule is O=C(O)c1cccc2c1OB(O)[C@@H](NC(=O)[C@H](NC(=O)c1c[nH]c3cccnc3c1=O)c1ccc(P(=O)(O)O)cc1)C2. The van der Waals surface area contributed by atoms with E-state index in [9.17, 15) is 43.7 Å². The van der Waals surface area contributed by atoms with E-state index in [4.69, 9.17) is 4.65 Å². The molecular weight excluding hydrogens is 570 g/mol. The Balaban J connectivity index is 1.45. The smallest absolute Gasteiger partial charge is 0.534 e. The fourth-order valence-electron chi connectivity index (χ4n) is 4.57. The molecule has 2 atom stereocenters. The summed E-state index contributed by atoms with van der Waals surface area (Å²) in [5.41, 5.74) is -0.304. The van der Waals surface area contributed by atoms with E-state index in [0.29, 0.717) is 11.1 Å². The van der Waals surface area contributed by atoms with Crippen LogP contribution in [0.3, 0.4) is 0 Å². The van der Waals surface area contributed by atoms with Crippen LogP contribution in [0.25, 0.3) is 11.0 Å². The number of H-pyrrole nitrogens is 1. The molecule has 42 heavy (non-hydrogen) atoms. The van der Waals surface area contributed by atoms with Gasteiger partial charge in [0, 0.05) is 12.4 Å². The quantitative estimate of drug-likeness (QED) is 0.112. The number of aromatic nitrogens is 2. The van der Waals surface area contributed by atoms with Gasteiger partial charge in [0.25, 0.3) is 5.91 Å². The number of hydrogen-bond acceptors (Lipinski definition) is 8. The van der Waals surface area contributed by atoms with Crippen molar-refractivity contribution in [1.29, 1.82) is 0 Å².